The lowest BCUT2D eigenvalue weighted by molar-refractivity contribution is -0.132. The van der Waals surface area contributed by atoms with Crippen molar-refractivity contribution >= 4 is 28.7 Å². The molecule has 1 aromatic heterocycles. The molecule has 0 unspecified atom stereocenters. The summed E-state index contributed by atoms with van der Waals surface area (Å²) in [6.07, 6.45) is 2.19. The first-order valence-corrected chi connectivity index (χ1v) is 10.4. The van der Waals surface area contributed by atoms with E-state index in [2.05, 4.69) is 15.6 Å². The minimum Gasteiger partial charge on any atom is -0.454 e. The highest BCUT2D eigenvalue weighted by atomic mass is 16.7. The van der Waals surface area contributed by atoms with Gasteiger partial charge >= 0.3 is 6.03 Å². The molecule has 1 saturated heterocycles. The van der Waals surface area contributed by atoms with E-state index in [4.69, 9.17) is 9.47 Å². The fraction of sp³-hybridized carbons (Fsp3) is 0.261. The standard InChI is InChI=1S/C23H22N4O5/c1-13(14-6-7-19-20(9-14)32-12-31-19)25-21(28)11-27-22(29)18(26-23(27)30)8-15-10-24-17-5-3-2-4-16(15)17/h2-7,9-10,13,18,24H,8,11-12H2,1H3,(H,25,28)(H,26,30)/t13-,18-/m0/s1. The van der Waals surface area contributed by atoms with E-state index in [-0.39, 0.29) is 19.4 Å². The predicted molar refractivity (Wildman–Crippen MR) is 115 cm³/mol. The van der Waals surface area contributed by atoms with Gasteiger partial charge < -0.3 is 25.1 Å². The quantitative estimate of drug-likeness (QED) is 0.515. The summed E-state index contributed by atoms with van der Waals surface area (Å²) in [6, 6.07) is 11.6. The summed E-state index contributed by atoms with van der Waals surface area (Å²) in [5, 5.41) is 6.52. The van der Waals surface area contributed by atoms with Crippen LogP contribution in [0.5, 0.6) is 11.5 Å². The Morgan fingerprint density at radius 2 is 2.00 bits per heavy atom. The summed E-state index contributed by atoms with van der Waals surface area (Å²) in [7, 11) is 0. The molecule has 3 aromatic rings. The van der Waals surface area contributed by atoms with Crippen molar-refractivity contribution in [2.45, 2.75) is 25.4 Å². The van der Waals surface area contributed by atoms with Gasteiger partial charge in [-0.05, 0) is 36.2 Å². The van der Waals surface area contributed by atoms with Gasteiger partial charge in [0, 0.05) is 23.5 Å². The summed E-state index contributed by atoms with van der Waals surface area (Å²) in [6.45, 7) is 1.65. The Hall–Kier alpha value is -4.01. The number of rotatable bonds is 6. The lowest BCUT2D eigenvalue weighted by atomic mass is 10.1. The third kappa shape index (κ3) is 3.62. The van der Waals surface area contributed by atoms with Crippen molar-refractivity contribution in [2.75, 3.05) is 13.3 Å². The minimum atomic E-state index is -0.708. The fourth-order valence-corrected chi connectivity index (χ4v) is 4.08. The molecule has 0 radical (unpaired) electrons. The van der Waals surface area contributed by atoms with E-state index in [1.165, 1.54) is 0 Å². The van der Waals surface area contributed by atoms with E-state index in [9.17, 15) is 14.4 Å². The maximum Gasteiger partial charge on any atom is 0.325 e. The Bertz CT molecular complexity index is 1220. The maximum absolute atomic E-state index is 12.8. The van der Waals surface area contributed by atoms with E-state index in [1.807, 2.05) is 43.5 Å². The van der Waals surface area contributed by atoms with Crippen LogP contribution in [0.2, 0.25) is 0 Å². The number of hydrogen-bond acceptors (Lipinski definition) is 5. The van der Waals surface area contributed by atoms with Crippen LogP contribution in [0.25, 0.3) is 10.9 Å². The van der Waals surface area contributed by atoms with Crippen LogP contribution in [0, 0.1) is 0 Å². The van der Waals surface area contributed by atoms with Gasteiger partial charge in [0.1, 0.15) is 12.6 Å². The Kier molecular flexibility index (Phi) is 4.93. The van der Waals surface area contributed by atoms with Crippen LogP contribution >= 0.6 is 0 Å². The second-order valence-electron chi connectivity index (χ2n) is 7.89. The van der Waals surface area contributed by atoms with Gasteiger partial charge in [-0.3, -0.25) is 14.5 Å². The minimum absolute atomic E-state index is 0.172. The SMILES string of the molecule is C[C@H](NC(=O)CN1C(=O)N[C@@H](Cc2c[nH]c3ccccc23)C1=O)c1ccc2c(c1)OCO2. The summed E-state index contributed by atoms with van der Waals surface area (Å²) < 4.78 is 10.7. The third-order valence-electron chi connectivity index (χ3n) is 5.78. The molecule has 3 heterocycles. The third-order valence-corrected chi connectivity index (χ3v) is 5.78. The summed E-state index contributed by atoms with van der Waals surface area (Å²) in [5.74, 6) is 0.447. The molecule has 3 N–H and O–H groups in total. The van der Waals surface area contributed by atoms with E-state index in [1.54, 1.807) is 12.1 Å². The number of amides is 4. The van der Waals surface area contributed by atoms with Crippen LogP contribution in [-0.4, -0.2) is 47.1 Å². The topological polar surface area (TPSA) is 113 Å². The number of ether oxygens (including phenoxy) is 2. The fourth-order valence-electron chi connectivity index (χ4n) is 4.08. The van der Waals surface area contributed by atoms with Crippen molar-refractivity contribution < 1.29 is 23.9 Å². The molecule has 2 atom stereocenters. The Balaban J connectivity index is 1.22. The zero-order chi connectivity index (χ0) is 22.2. The second-order valence-corrected chi connectivity index (χ2v) is 7.89. The predicted octanol–water partition coefficient (Wildman–Crippen LogP) is 2.24. The Labute approximate surface area is 183 Å². The van der Waals surface area contributed by atoms with E-state index >= 15 is 0 Å². The molecule has 9 heteroatoms. The molecule has 0 aliphatic carbocycles. The number of carbonyl (C=O) groups excluding carboxylic acids is 3. The lowest BCUT2D eigenvalue weighted by Crippen LogP contribution is -2.42. The first kappa shape index (κ1) is 19.9. The highest BCUT2D eigenvalue weighted by Gasteiger charge is 2.39. The van der Waals surface area contributed by atoms with Crippen molar-refractivity contribution in [3.63, 3.8) is 0 Å². The highest BCUT2D eigenvalue weighted by Crippen LogP contribution is 2.34. The maximum atomic E-state index is 12.8. The number of fused-ring (bicyclic) bond motifs is 2. The monoisotopic (exact) mass is 434 g/mol. The molecule has 4 amide bonds. The average molecular weight is 434 g/mol. The van der Waals surface area contributed by atoms with E-state index in [0.29, 0.717) is 17.9 Å². The van der Waals surface area contributed by atoms with Crippen molar-refractivity contribution in [1.82, 2.24) is 20.5 Å². The number of para-hydroxylation sites is 1. The van der Waals surface area contributed by atoms with Gasteiger partial charge in [-0.1, -0.05) is 24.3 Å². The van der Waals surface area contributed by atoms with Gasteiger partial charge in [-0.25, -0.2) is 4.79 Å². The zero-order valence-corrected chi connectivity index (χ0v) is 17.4. The number of urea groups is 1. The molecule has 2 aliphatic heterocycles. The second kappa shape index (κ2) is 7.92. The molecule has 164 valence electrons. The highest BCUT2D eigenvalue weighted by molar-refractivity contribution is 6.06. The summed E-state index contributed by atoms with van der Waals surface area (Å²) in [4.78, 5) is 41.9. The van der Waals surface area contributed by atoms with Gasteiger partial charge in [0.15, 0.2) is 11.5 Å². The van der Waals surface area contributed by atoms with E-state index in [0.717, 1.165) is 26.9 Å². The van der Waals surface area contributed by atoms with Crippen molar-refractivity contribution in [1.29, 1.82) is 0 Å². The number of aromatic amines is 1. The van der Waals surface area contributed by atoms with Crippen LogP contribution in [0.15, 0.2) is 48.7 Å². The number of imide groups is 1. The smallest absolute Gasteiger partial charge is 0.325 e. The average Bonchev–Trinajstić information content (AvgIpc) is 3.48. The Morgan fingerprint density at radius 3 is 2.88 bits per heavy atom. The van der Waals surface area contributed by atoms with Crippen molar-refractivity contribution in [2.24, 2.45) is 0 Å². The molecule has 1 fully saturated rings. The number of hydrogen-bond donors (Lipinski definition) is 3. The summed E-state index contributed by atoms with van der Waals surface area (Å²) in [5.41, 5.74) is 2.73. The molecule has 9 nitrogen and oxygen atoms in total. The molecule has 0 saturated carbocycles. The number of H-pyrrole nitrogens is 1. The van der Waals surface area contributed by atoms with Crippen molar-refractivity contribution in [3.05, 3.63) is 59.8 Å². The number of nitrogens with zero attached hydrogens (tertiary/aromatic N) is 1. The molecular formula is C23H22N4O5. The number of benzene rings is 2. The lowest BCUT2D eigenvalue weighted by Gasteiger charge is -2.17. The molecule has 2 aliphatic rings. The normalized spacial score (nSPS) is 18.2. The van der Waals surface area contributed by atoms with Crippen LogP contribution < -0.4 is 20.1 Å². The summed E-state index contributed by atoms with van der Waals surface area (Å²) >= 11 is 0. The van der Waals surface area contributed by atoms with Crippen LogP contribution in [0.1, 0.15) is 24.1 Å². The number of nitrogens with one attached hydrogen (secondary N) is 3. The molecule has 32 heavy (non-hydrogen) atoms. The molecule has 5 rings (SSSR count). The van der Waals surface area contributed by atoms with Crippen LogP contribution in [0.4, 0.5) is 4.79 Å². The van der Waals surface area contributed by atoms with Gasteiger partial charge in [-0.2, -0.15) is 0 Å². The first-order chi connectivity index (χ1) is 15.5. The number of aromatic nitrogens is 1. The van der Waals surface area contributed by atoms with E-state index < -0.39 is 23.9 Å². The molecule has 0 spiro atoms. The molecule has 0 bridgehead atoms. The van der Waals surface area contributed by atoms with Gasteiger partial charge in [0.2, 0.25) is 12.7 Å². The largest absolute Gasteiger partial charge is 0.454 e. The van der Waals surface area contributed by atoms with Gasteiger partial charge in [-0.15, -0.1) is 0 Å². The van der Waals surface area contributed by atoms with Gasteiger partial charge in [0.25, 0.3) is 5.91 Å². The van der Waals surface area contributed by atoms with Crippen LogP contribution in [0.3, 0.4) is 0 Å². The first-order valence-electron chi connectivity index (χ1n) is 10.4. The van der Waals surface area contributed by atoms with Crippen LogP contribution in [-0.2, 0) is 16.0 Å². The van der Waals surface area contributed by atoms with Crippen molar-refractivity contribution in [3.8, 4) is 11.5 Å². The Morgan fingerprint density at radius 1 is 1.19 bits per heavy atom. The molecular weight excluding hydrogens is 412 g/mol. The number of carbonyl (C=O) groups is 3. The zero-order valence-electron chi connectivity index (χ0n) is 17.4. The van der Waals surface area contributed by atoms with Gasteiger partial charge in [0.05, 0.1) is 6.04 Å². The molecule has 2 aromatic carbocycles.